The highest BCUT2D eigenvalue weighted by Crippen LogP contribution is 2.68. The van der Waals surface area contributed by atoms with Gasteiger partial charge in [-0.05, 0) is 187 Å². The summed E-state index contributed by atoms with van der Waals surface area (Å²) in [6.07, 6.45) is 1.16. The molecule has 1 heterocycles. The van der Waals surface area contributed by atoms with E-state index < -0.39 is 7.92 Å². The van der Waals surface area contributed by atoms with E-state index in [1.54, 1.807) is 0 Å². The summed E-state index contributed by atoms with van der Waals surface area (Å²) < 4.78 is 0. The Hall–Kier alpha value is -3.80. The Morgan fingerprint density at radius 3 is 1.06 bits per heavy atom. The largest absolute Gasteiger partial charge is 0.300 e. The van der Waals surface area contributed by atoms with E-state index in [0.717, 1.165) is 0 Å². The fraction of sp³-hybridized carbons (Fsp3) is 0.392. The van der Waals surface area contributed by atoms with Gasteiger partial charge in [-0.25, -0.2) is 0 Å². The van der Waals surface area contributed by atoms with Crippen molar-refractivity contribution in [1.82, 2.24) is 0 Å². The quantitative estimate of drug-likeness (QED) is 0.153. The summed E-state index contributed by atoms with van der Waals surface area (Å²) >= 11 is 0. The summed E-state index contributed by atoms with van der Waals surface area (Å²) in [5.74, 6) is 1.29. The molecule has 0 aromatic heterocycles. The summed E-state index contributed by atoms with van der Waals surface area (Å²) in [5.41, 5.74) is 24.7. The van der Waals surface area contributed by atoms with Crippen molar-refractivity contribution >= 4 is 19.0 Å². The minimum Gasteiger partial charge on any atom is -0.300 e. The second-order valence-corrected chi connectivity index (χ2v) is 19.2. The number of benzene rings is 5. The zero-order valence-electron chi connectivity index (χ0n) is 34.9. The van der Waals surface area contributed by atoms with Gasteiger partial charge in [0.25, 0.3) is 0 Å². The van der Waals surface area contributed by atoms with Crippen LogP contribution in [0.2, 0.25) is 0 Å². The van der Waals surface area contributed by atoms with E-state index in [0.29, 0.717) is 30.5 Å². The van der Waals surface area contributed by atoms with Crippen LogP contribution in [-0.2, 0) is 4.79 Å². The lowest BCUT2D eigenvalue weighted by atomic mass is 9.83. The van der Waals surface area contributed by atoms with Crippen molar-refractivity contribution < 1.29 is 4.79 Å². The molecule has 1 fully saturated rings. The summed E-state index contributed by atoms with van der Waals surface area (Å²) in [7, 11) is -0.936. The van der Waals surface area contributed by atoms with Crippen molar-refractivity contribution in [2.24, 2.45) is 0 Å². The first kappa shape index (κ1) is 38.9. The molecule has 1 aliphatic heterocycles. The molecule has 1 saturated heterocycles. The maximum atomic E-state index is 14.1. The van der Waals surface area contributed by atoms with E-state index >= 15 is 0 Å². The molecule has 0 aliphatic carbocycles. The molecule has 0 radical (unpaired) electrons. The molecule has 2 atom stereocenters. The average Bonchev–Trinajstić information content (AvgIpc) is 3.15. The molecule has 0 saturated carbocycles. The Morgan fingerprint density at radius 1 is 0.453 bits per heavy atom. The minimum absolute atomic E-state index is 0.101. The Labute approximate surface area is 322 Å². The monoisotopic (exact) mass is 720 g/mol. The summed E-state index contributed by atoms with van der Waals surface area (Å²) in [6, 6.07) is 25.8. The van der Waals surface area contributed by atoms with Crippen molar-refractivity contribution in [3.63, 3.8) is 0 Å². The van der Waals surface area contributed by atoms with Gasteiger partial charge in [-0.3, -0.25) is 4.79 Å². The SMILES string of the molecule is Cc1c(C)c(C)c(-c2cccc(-c3c(C)c(C)c(C)c(C)c3C)c2P2C(c3ccc(C(C)C)cc3)CC(=O)CC2c2ccc(C(C)C)cc2)c(C)c1C. The lowest BCUT2D eigenvalue weighted by molar-refractivity contribution is -0.119. The van der Waals surface area contributed by atoms with Gasteiger partial charge in [0.1, 0.15) is 5.78 Å². The predicted octanol–water partition coefficient (Wildman–Crippen LogP) is 14.3. The topological polar surface area (TPSA) is 17.1 Å². The summed E-state index contributed by atoms with van der Waals surface area (Å²) in [6.45, 7) is 32.1. The molecule has 0 bridgehead atoms. The summed E-state index contributed by atoms with van der Waals surface area (Å²) in [4.78, 5) is 14.1. The number of carbonyl (C=O) groups is 1. The Morgan fingerprint density at radius 2 is 0.755 bits per heavy atom. The Bertz CT molecular complexity index is 1990. The van der Waals surface area contributed by atoms with Gasteiger partial charge in [0.05, 0.1) is 0 Å². The second kappa shape index (κ2) is 15.1. The smallest absolute Gasteiger partial charge is 0.134 e. The van der Waals surface area contributed by atoms with E-state index in [2.05, 4.69) is 164 Å². The van der Waals surface area contributed by atoms with Crippen LogP contribution in [0.15, 0.2) is 66.7 Å². The van der Waals surface area contributed by atoms with Crippen LogP contribution in [0.3, 0.4) is 0 Å². The average molecular weight is 721 g/mol. The maximum Gasteiger partial charge on any atom is 0.134 e. The summed E-state index contributed by atoms with van der Waals surface area (Å²) in [5, 5.41) is 1.47. The number of hydrogen-bond donors (Lipinski definition) is 0. The van der Waals surface area contributed by atoms with E-state index in [9.17, 15) is 4.79 Å². The maximum absolute atomic E-state index is 14.1. The molecule has 0 spiro atoms. The number of ketones is 1. The zero-order chi connectivity index (χ0) is 38.6. The fourth-order valence-electron chi connectivity index (χ4n) is 9.04. The van der Waals surface area contributed by atoms with Gasteiger partial charge >= 0.3 is 0 Å². The number of hydrogen-bond acceptors (Lipinski definition) is 1. The van der Waals surface area contributed by atoms with E-state index in [1.807, 2.05) is 0 Å². The normalized spacial score (nSPS) is 17.7. The number of Topliss-reactive ketones (excluding diaryl/α,β-unsaturated/α-hetero) is 1. The Kier molecular flexibility index (Phi) is 11.1. The van der Waals surface area contributed by atoms with E-state index in [1.165, 1.54) is 105 Å². The Balaban J connectivity index is 1.78. The molecular formula is C51H61OP. The van der Waals surface area contributed by atoms with Gasteiger partial charge in [0.2, 0.25) is 0 Å². The third kappa shape index (κ3) is 6.89. The first-order valence-electron chi connectivity index (χ1n) is 19.8. The first-order valence-corrected chi connectivity index (χ1v) is 21.3. The van der Waals surface area contributed by atoms with Crippen molar-refractivity contribution in [2.45, 2.75) is 133 Å². The van der Waals surface area contributed by atoms with Crippen LogP contribution in [0, 0.1) is 69.2 Å². The first-order chi connectivity index (χ1) is 25.0. The van der Waals surface area contributed by atoms with E-state index in [-0.39, 0.29) is 11.3 Å². The second-order valence-electron chi connectivity index (χ2n) is 16.7. The highest BCUT2D eigenvalue weighted by Gasteiger charge is 2.42. The lowest BCUT2D eigenvalue weighted by Gasteiger charge is -2.42. The van der Waals surface area contributed by atoms with Gasteiger partial charge in [0.15, 0.2) is 0 Å². The molecule has 276 valence electrons. The van der Waals surface area contributed by atoms with E-state index in [4.69, 9.17) is 0 Å². The van der Waals surface area contributed by atoms with Crippen molar-refractivity contribution in [3.8, 4) is 22.3 Å². The van der Waals surface area contributed by atoms with Crippen molar-refractivity contribution in [1.29, 1.82) is 0 Å². The highest BCUT2D eigenvalue weighted by atomic mass is 31.1. The zero-order valence-corrected chi connectivity index (χ0v) is 35.8. The molecule has 1 nitrogen and oxygen atoms in total. The minimum atomic E-state index is -0.936. The lowest BCUT2D eigenvalue weighted by Crippen LogP contribution is -2.26. The van der Waals surface area contributed by atoms with Gasteiger partial charge in [-0.1, -0.05) is 102 Å². The van der Waals surface area contributed by atoms with Crippen LogP contribution >= 0.6 is 7.92 Å². The fourth-order valence-corrected chi connectivity index (χ4v) is 12.8. The molecule has 2 unspecified atom stereocenters. The van der Waals surface area contributed by atoms with Gasteiger partial charge < -0.3 is 0 Å². The predicted molar refractivity (Wildman–Crippen MR) is 232 cm³/mol. The molecule has 0 N–H and O–H groups in total. The van der Waals surface area contributed by atoms with Gasteiger partial charge in [-0.2, -0.15) is 0 Å². The molecule has 53 heavy (non-hydrogen) atoms. The molecule has 1 aliphatic rings. The van der Waals surface area contributed by atoms with Crippen LogP contribution in [-0.4, -0.2) is 5.78 Å². The van der Waals surface area contributed by atoms with Crippen molar-refractivity contribution in [3.05, 3.63) is 145 Å². The van der Waals surface area contributed by atoms with Crippen LogP contribution < -0.4 is 5.30 Å². The number of carbonyl (C=O) groups excluding carboxylic acids is 1. The van der Waals surface area contributed by atoms with Gasteiger partial charge in [-0.15, -0.1) is 0 Å². The molecule has 2 heteroatoms. The molecule has 6 rings (SSSR count). The van der Waals surface area contributed by atoms with Crippen LogP contribution in [0.25, 0.3) is 22.3 Å². The standard InChI is InChI=1S/C51H61OP/c1-28(2)40-18-22-42(23-19-40)47-26-44(52)27-48(43-24-20-41(21-25-43)29(3)4)53(47)51-45(49-36(11)32(7)30(5)33(8)37(49)12)16-15-17-46(51)50-38(13)34(9)31(6)35(10)39(50)14/h15-25,28-29,47-48H,26-27H2,1-14H3. The van der Waals surface area contributed by atoms with Gasteiger partial charge in [0, 0.05) is 24.2 Å². The van der Waals surface area contributed by atoms with Crippen LogP contribution in [0.1, 0.15) is 142 Å². The molecular weight excluding hydrogens is 660 g/mol. The van der Waals surface area contributed by atoms with Crippen LogP contribution in [0.4, 0.5) is 0 Å². The third-order valence-corrected chi connectivity index (χ3v) is 16.6. The highest BCUT2D eigenvalue weighted by molar-refractivity contribution is 7.67. The number of rotatable bonds is 7. The molecule has 5 aromatic carbocycles. The van der Waals surface area contributed by atoms with Crippen LogP contribution in [0.5, 0.6) is 0 Å². The van der Waals surface area contributed by atoms with Crippen molar-refractivity contribution in [2.75, 3.05) is 0 Å². The molecule has 0 amide bonds. The molecule has 5 aromatic rings. The third-order valence-electron chi connectivity index (χ3n) is 13.3.